The molecule has 0 aliphatic carbocycles. The lowest BCUT2D eigenvalue weighted by atomic mass is 10.2. The van der Waals surface area contributed by atoms with Gasteiger partial charge in [0.2, 0.25) is 0 Å². The number of thioether (sulfide) groups is 2. The van der Waals surface area contributed by atoms with Crippen molar-refractivity contribution < 1.29 is 9.13 Å². The molecule has 0 aliphatic rings. The summed E-state index contributed by atoms with van der Waals surface area (Å²) in [5, 5.41) is 0.865. The Labute approximate surface area is 177 Å². The third kappa shape index (κ3) is 5.31. The molecule has 2 aromatic carbocycles. The van der Waals surface area contributed by atoms with E-state index in [4.69, 9.17) is 4.74 Å². The van der Waals surface area contributed by atoms with Gasteiger partial charge in [-0.15, -0.1) is 11.8 Å². The summed E-state index contributed by atoms with van der Waals surface area (Å²) in [6.45, 7) is 0. The predicted molar refractivity (Wildman–Crippen MR) is 117 cm³/mol. The summed E-state index contributed by atoms with van der Waals surface area (Å²) < 4.78 is 18.2. The molecule has 148 valence electrons. The average Bonchev–Trinajstić information content (AvgIpc) is 3.16. The molecular weight excluding hydrogens is 405 g/mol. The Morgan fingerprint density at radius 2 is 1.90 bits per heavy atom. The first-order valence-corrected chi connectivity index (χ1v) is 11.2. The van der Waals surface area contributed by atoms with Gasteiger partial charge in [-0.25, -0.2) is 9.37 Å². The van der Waals surface area contributed by atoms with Gasteiger partial charge in [-0.3, -0.25) is 4.98 Å². The second-order valence-electron chi connectivity index (χ2n) is 6.42. The van der Waals surface area contributed by atoms with E-state index in [1.807, 2.05) is 42.6 Å². The third-order valence-electron chi connectivity index (χ3n) is 4.38. The Kier molecular flexibility index (Phi) is 6.36. The van der Waals surface area contributed by atoms with Crippen molar-refractivity contribution in [3.8, 4) is 5.75 Å². The number of fused-ring (bicyclic) bond motifs is 1. The summed E-state index contributed by atoms with van der Waals surface area (Å²) in [5.41, 5.74) is 4.04. The van der Waals surface area contributed by atoms with E-state index < -0.39 is 0 Å². The number of rotatable bonds is 8. The smallest absolute Gasteiger partial charge is 0.166 e. The molecule has 0 unspecified atom stereocenters. The number of aromatic amines is 1. The van der Waals surface area contributed by atoms with Gasteiger partial charge in [0, 0.05) is 28.7 Å². The van der Waals surface area contributed by atoms with Crippen molar-refractivity contribution in [3.63, 3.8) is 0 Å². The Morgan fingerprint density at radius 3 is 2.72 bits per heavy atom. The Bertz CT molecular complexity index is 1100. The highest BCUT2D eigenvalue weighted by Crippen LogP contribution is 2.26. The van der Waals surface area contributed by atoms with E-state index in [0.29, 0.717) is 0 Å². The molecule has 0 saturated carbocycles. The minimum absolute atomic E-state index is 0.193. The molecule has 4 aromatic rings. The lowest BCUT2D eigenvalue weighted by Crippen LogP contribution is -1.91. The predicted octanol–water partition coefficient (Wildman–Crippen LogP) is 5.73. The fraction of sp³-hybridized carbons (Fsp3) is 0.182. The first kappa shape index (κ1) is 19.8. The summed E-state index contributed by atoms with van der Waals surface area (Å²) in [5.74, 6) is 2.29. The lowest BCUT2D eigenvalue weighted by molar-refractivity contribution is 0.415. The van der Waals surface area contributed by atoms with Crippen LogP contribution in [0.5, 0.6) is 5.75 Å². The van der Waals surface area contributed by atoms with E-state index in [1.165, 1.54) is 17.0 Å². The van der Waals surface area contributed by atoms with Crippen molar-refractivity contribution in [1.82, 2.24) is 15.0 Å². The highest BCUT2D eigenvalue weighted by atomic mass is 32.2. The third-order valence-corrected chi connectivity index (χ3v) is 6.29. The maximum Gasteiger partial charge on any atom is 0.166 e. The van der Waals surface area contributed by atoms with Crippen molar-refractivity contribution in [3.05, 3.63) is 77.9 Å². The van der Waals surface area contributed by atoms with Crippen LogP contribution in [-0.4, -0.2) is 27.8 Å². The van der Waals surface area contributed by atoms with Crippen molar-refractivity contribution >= 4 is 34.6 Å². The highest BCUT2D eigenvalue weighted by molar-refractivity contribution is 7.99. The quantitative estimate of drug-likeness (QED) is 0.365. The zero-order chi connectivity index (χ0) is 20.1. The van der Waals surface area contributed by atoms with Gasteiger partial charge in [0.15, 0.2) is 5.16 Å². The summed E-state index contributed by atoms with van der Waals surface area (Å²) in [7, 11) is 1.66. The molecule has 0 spiro atoms. The van der Waals surface area contributed by atoms with Crippen LogP contribution in [-0.2, 0) is 12.2 Å². The fourth-order valence-corrected chi connectivity index (χ4v) is 4.60. The van der Waals surface area contributed by atoms with Crippen LogP contribution in [0.15, 0.2) is 70.8 Å². The van der Waals surface area contributed by atoms with Crippen LogP contribution in [0.1, 0.15) is 11.3 Å². The number of nitrogens with one attached hydrogen (secondary N) is 1. The second kappa shape index (κ2) is 9.33. The number of hydrogen-bond donors (Lipinski definition) is 1. The number of hydrogen-bond acceptors (Lipinski definition) is 5. The molecule has 0 saturated heterocycles. The van der Waals surface area contributed by atoms with E-state index in [0.717, 1.165) is 51.1 Å². The van der Waals surface area contributed by atoms with Crippen molar-refractivity contribution in [1.29, 1.82) is 0 Å². The highest BCUT2D eigenvalue weighted by Gasteiger charge is 2.06. The van der Waals surface area contributed by atoms with E-state index in [1.54, 1.807) is 30.6 Å². The van der Waals surface area contributed by atoms with Crippen molar-refractivity contribution in [2.24, 2.45) is 0 Å². The molecule has 1 N–H and O–H groups in total. The molecular formula is C22H20FN3OS2. The van der Waals surface area contributed by atoms with E-state index in [-0.39, 0.29) is 5.82 Å². The molecule has 0 bridgehead atoms. The minimum atomic E-state index is -0.193. The van der Waals surface area contributed by atoms with Crippen LogP contribution in [0.3, 0.4) is 0 Å². The van der Waals surface area contributed by atoms with E-state index in [2.05, 4.69) is 21.0 Å². The first-order chi connectivity index (χ1) is 14.2. The van der Waals surface area contributed by atoms with Crippen LogP contribution >= 0.6 is 23.5 Å². The topological polar surface area (TPSA) is 50.8 Å². The molecule has 4 nitrogen and oxygen atoms in total. The molecule has 0 amide bonds. The zero-order valence-electron chi connectivity index (χ0n) is 15.9. The van der Waals surface area contributed by atoms with Gasteiger partial charge in [-0.05, 0) is 48.4 Å². The Morgan fingerprint density at radius 1 is 1.03 bits per heavy atom. The lowest BCUT2D eigenvalue weighted by Gasteiger charge is -2.04. The number of ether oxygens (including phenoxy) is 1. The van der Waals surface area contributed by atoms with Gasteiger partial charge in [-0.2, -0.15) is 0 Å². The van der Waals surface area contributed by atoms with Gasteiger partial charge >= 0.3 is 0 Å². The van der Waals surface area contributed by atoms with Crippen LogP contribution in [0.4, 0.5) is 4.39 Å². The van der Waals surface area contributed by atoms with Gasteiger partial charge in [0.05, 0.1) is 23.8 Å². The maximum atomic E-state index is 13.0. The molecule has 0 fully saturated rings. The van der Waals surface area contributed by atoms with Gasteiger partial charge in [0.1, 0.15) is 11.6 Å². The van der Waals surface area contributed by atoms with Crippen LogP contribution < -0.4 is 4.74 Å². The van der Waals surface area contributed by atoms with Gasteiger partial charge in [0.25, 0.3) is 0 Å². The SMILES string of the molecule is COc1ccc2nc(SCc3cc(SCCc4ccc(F)cc4)ccn3)[nH]c2c1. The van der Waals surface area contributed by atoms with Crippen LogP contribution in [0, 0.1) is 5.82 Å². The number of halogens is 1. The number of nitrogens with zero attached hydrogens (tertiary/aromatic N) is 2. The Hall–Kier alpha value is -2.51. The summed E-state index contributed by atoms with van der Waals surface area (Å²) in [6.07, 6.45) is 2.75. The molecule has 0 atom stereocenters. The number of pyridine rings is 1. The molecule has 29 heavy (non-hydrogen) atoms. The molecule has 0 radical (unpaired) electrons. The van der Waals surface area contributed by atoms with E-state index >= 15 is 0 Å². The summed E-state index contributed by atoms with van der Waals surface area (Å²) in [6, 6.07) is 16.7. The second-order valence-corrected chi connectivity index (χ2v) is 8.55. The fourth-order valence-electron chi connectivity index (χ4n) is 2.87. The monoisotopic (exact) mass is 425 g/mol. The normalized spacial score (nSPS) is 11.1. The molecule has 7 heteroatoms. The van der Waals surface area contributed by atoms with Crippen LogP contribution in [0.25, 0.3) is 11.0 Å². The molecule has 4 rings (SSSR count). The number of H-pyrrole nitrogens is 1. The average molecular weight is 426 g/mol. The first-order valence-electron chi connectivity index (χ1n) is 9.18. The number of benzene rings is 2. The standard InChI is InChI=1S/C22H20FN3OS2/c1-27-18-6-7-20-21(13-18)26-22(25-20)29-14-17-12-19(8-10-24-17)28-11-9-15-2-4-16(23)5-3-15/h2-8,10,12-13H,9,11,14H2,1H3,(H,25,26). The van der Waals surface area contributed by atoms with E-state index in [9.17, 15) is 4.39 Å². The minimum Gasteiger partial charge on any atom is -0.497 e. The largest absolute Gasteiger partial charge is 0.497 e. The summed E-state index contributed by atoms with van der Waals surface area (Å²) >= 11 is 3.41. The molecule has 2 aromatic heterocycles. The van der Waals surface area contributed by atoms with Gasteiger partial charge in [-0.1, -0.05) is 23.9 Å². The van der Waals surface area contributed by atoms with Crippen LogP contribution in [0.2, 0.25) is 0 Å². The number of imidazole rings is 1. The molecule has 0 aliphatic heterocycles. The van der Waals surface area contributed by atoms with Crippen molar-refractivity contribution in [2.45, 2.75) is 22.2 Å². The number of methoxy groups -OCH3 is 1. The number of aromatic nitrogens is 3. The number of aryl methyl sites for hydroxylation is 1. The van der Waals surface area contributed by atoms with Gasteiger partial charge < -0.3 is 9.72 Å². The van der Waals surface area contributed by atoms with Crippen molar-refractivity contribution in [2.75, 3.05) is 12.9 Å². The molecule has 2 heterocycles. The maximum absolute atomic E-state index is 13.0. The zero-order valence-corrected chi connectivity index (χ0v) is 17.5. The summed E-state index contributed by atoms with van der Waals surface area (Å²) in [4.78, 5) is 13.6. The Balaban J connectivity index is 1.33.